The summed E-state index contributed by atoms with van der Waals surface area (Å²) < 4.78 is 42.8. The number of esters is 1. The highest BCUT2D eigenvalue weighted by atomic mass is 35.5. The van der Waals surface area contributed by atoms with Gasteiger partial charge in [-0.3, -0.25) is 4.98 Å². The number of nitrogens with zero attached hydrogens (tertiary/aromatic N) is 1. The Morgan fingerprint density at radius 2 is 1.88 bits per heavy atom. The summed E-state index contributed by atoms with van der Waals surface area (Å²) in [6.07, 6.45) is -2.47. The van der Waals surface area contributed by atoms with Crippen molar-refractivity contribution in [3.05, 3.63) is 63.9 Å². The lowest BCUT2D eigenvalue weighted by atomic mass is 10.1. The number of aromatic nitrogens is 1. The Hall–Kier alpha value is -2.34. The molecule has 0 radical (unpaired) electrons. The zero-order chi connectivity index (χ0) is 17.9. The van der Waals surface area contributed by atoms with Crippen molar-refractivity contribution in [2.24, 2.45) is 0 Å². The van der Waals surface area contributed by atoms with Crippen LogP contribution in [0.2, 0.25) is 5.02 Å². The number of hydrogen-bond acceptors (Lipinski definition) is 3. The maximum Gasteiger partial charge on any atom is 0.417 e. The first kappa shape index (κ1) is 18.0. The SMILES string of the molecule is COC(=O)C(=Cc1ccc(C)cc1)c1ncc(C(F)(F)F)cc1Cl. The second kappa shape index (κ2) is 7.05. The number of halogens is 4. The van der Waals surface area contributed by atoms with Crippen LogP contribution < -0.4 is 0 Å². The molecule has 24 heavy (non-hydrogen) atoms. The first-order chi connectivity index (χ1) is 11.2. The van der Waals surface area contributed by atoms with Crippen molar-refractivity contribution in [3.8, 4) is 0 Å². The molecule has 0 aliphatic rings. The van der Waals surface area contributed by atoms with E-state index in [-0.39, 0.29) is 16.3 Å². The van der Waals surface area contributed by atoms with E-state index in [0.717, 1.165) is 11.6 Å². The fraction of sp³-hybridized carbons (Fsp3) is 0.176. The standard InChI is InChI=1S/C17H13ClF3NO2/c1-10-3-5-11(6-4-10)7-13(16(23)24-2)15-14(18)8-12(9-22-15)17(19,20)21/h3-9H,1-2H3. The summed E-state index contributed by atoms with van der Waals surface area (Å²) in [5.41, 5.74) is 0.601. The van der Waals surface area contributed by atoms with Crippen LogP contribution in [0, 0.1) is 6.92 Å². The highest BCUT2D eigenvalue weighted by Gasteiger charge is 2.32. The maximum atomic E-state index is 12.7. The van der Waals surface area contributed by atoms with Gasteiger partial charge in [0.15, 0.2) is 0 Å². The Labute approximate surface area is 141 Å². The van der Waals surface area contributed by atoms with E-state index in [1.807, 2.05) is 19.1 Å². The highest BCUT2D eigenvalue weighted by molar-refractivity contribution is 6.35. The Bertz CT molecular complexity index is 783. The number of methoxy groups -OCH3 is 1. The zero-order valence-corrected chi connectivity index (χ0v) is 13.6. The Kier molecular flexibility index (Phi) is 5.29. The van der Waals surface area contributed by atoms with Crippen molar-refractivity contribution in [1.29, 1.82) is 0 Å². The lowest BCUT2D eigenvalue weighted by Gasteiger charge is -2.11. The van der Waals surface area contributed by atoms with E-state index in [9.17, 15) is 18.0 Å². The quantitative estimate of drug-likeness (QED) is 0.587. The molecule has 1 heterocycles. The number of hydrogen-bond donors (Lipinski definition) is 0. The summed E-state index contributed by atoms with van der Waals surface area (Å²) in [5.74, 6) is -0.746. The van der Waals surface area contributed by atoms with Crippen LogP contribution in [0.25, 0.3) is 11.6 Å². The second-order valence-corrected chi connectivity index (χ2v) is 5.42. The Balaban J connectivity index is 2.53. The van der Waals surface area contributed by atoms with E-state index >= 15 is 0 Å². The van der Waals surface area contributed by atoms with Gasteiger partial charge in [0, 0.05) is 6.20 Å². The van der Waals surface area contributed by atoms with Crippen LogP contribution in [-0.4, -0.2) is 18.1 Å². The number of rotatable bonds is 3. The molecule has 0 unspecified atom stereocenters. The number of ether oxygens (including phenoxy) is 1. The van der Waals surface area contributed by atoms with Crippen LogP contribution in [-0.2, 0) is 15.7 Å². The van der Waals surface area contributed by atoms with Gasteiger partial charge >= 0.3 is 12.1 Å². The molecule has 0 saturated heterocycles. The van der Waals surface area contributed by atoms with E-state index < -0.39 is 17.7 Å². The first-order valence-electron chi connectivity index (χ1n) is 6.82. The van der Waals surface area contributed by atoms with E-state index in [4.69, 9.17) is 11.6 Å². The van der Waals surface area contributed by atoms with Gasteiger partial charge in [0.05, 0.1) is 29.0 Å². The predicted octanol–water partition coefficient (Wildman–Crippen LogP) is 4.78. The molecule has 0 spiro atoms. The molecule has 0 fully saturated rings. The van der Waals surface area contributed by atoms with Crippen LogP contribution in [0.15, 0.2) is 36.5 Å². The van der Waals surface area contributed by atoms with Crippen molar-refractivity contribution in [2.45, 2.75) is 13.1 Å². The average molecular weight is 356 g/mol. The van der Waals surface area contributed by atoms with E-state index in [1.165, 1.54) is 13.2 Å². The third-order valence-corrected chi connectivity index (χ3v) is 3.51. The number of carbonyl (C=O) groups excluding carboxylic acids is 1. The van der Waals surface area contributed by atoms with Gasteiger partial charge in [-0.25, -0.2) is 4.79 Å². The molecule has 0 amide bonds. The molecule has 2 aromatic rings. The van der Waals surface area contributed by atoms with E-state index in [1.54, 1.807) is 12.1 Å². The van der Waals surface area contributed by atoms with Crippen molar-refractivity contribution < 1.29 is 22.7 Å². The molecule has 126 valence electrons. The number of benzene rings is 1. The topological polar surface area (TPSA) is 39.2 Å². The predicted molar refractivity (Wildman–Crippen MR) is 85.3 cm³/mol. The molecular weight excluding hydrogens is 343 g/mol. The van der Waals surface area contributed by atoms with Gasteiger partial charge in [-0.15, -0.1) is 0 Å². The number of pyridine rings is 1. The van der Waals surface area contributed by atoms with Gasteiger partial charge in [-0.05, 0) is 24.6 Å². The maximum absolute atomic E-state index is 12.7. The molecule has 0 N–H and O–H groups in total. The summed E-state index contributed by atoms with van der Waals surface area (Å²) in [6, 6.07) is 7.92. The molecule has 2 rings (SSSR count). The largest absolute Gasteiger partial charge is 0.465 e. The summed E-state index contributed by atoms with van der Waals surface area (Å²) >= 11 is 5.91. The van der Waals surface area contributed by atoms with Crippen LogP contribution in [0.5, 0.6) is 0 Å². The monoisotopic (exact) mass is 355 g/mol. The van der Waals surface area contributed by atoms with Gasteiger partial charge in [0.25, 0.3) is 0 Å². The normalized spacial score (nSPS) is 12.2. The summed E-state index contributed by atoms with van der Waals surface area (Å²) in [5, 5.41) is -0.284. The van der Waals surface area contributed by atoms with Crippen LogP contribution in [0.1, 0.15) is 22.4 Å². The fourth-order valence-electron chi connectivity index (χ4n) is 1.95. The molecular formula is C17H13ClF3NO2. The third kappa shape index (κ3) is 4.14. The molecule has 1 aromatic carbocycles. The van der Waals surface area contributed by atoms with Crippen molar-refractivity contribution in [3.63, 3.8) is 0 Å². The number of aryl methyl sites for hydroxylation is 1. The van der Waals surface area contributed by atoms with Crippen LogP contribution >= 0.6 is 11.6 Å². The van der Waals surface area contributed by atoms with Crippen LogP contribution in [0.3, 0.4) is 0 Å². The van der Waals surface area contributed by atoms with Gasteiger partial charge in [0.1, 0.15) is 0 Å². The van der Waals surface area contributed by atoms with Gasteiger partial charge < -0.3 is 4.74 Å². The third-order valence-electron chi connectivity index (χ3n) is 3.22. The molecule has 0 bridgehead atoms. The molecule has 0 aliphatic heterocycles. The van der Waals surface area contributed by atoms with E-state index in [2.05, 4.69) is 9.72 Å². The number of alkyl halides is 3. The van der Waals surface area contributed by atoms with Crippen molar-refractivity contribution in [1.82, 2.24) is 4.98 Å². The smallest absolute Gasteiger partial charge is 0.417 e. The summed E-state index contributed by atoms with van der Waals surface area (Å²) in [7, 11) is 1.17. The Morgan fingerprint density at radius 1 is 1.25 bits per heavy atom. The molecule has 0 saturated carbocycles. The zero-order valence-electron chi connectivity index (χ0n) is 12.8. The fourth-order valence-corrected chi connectivity index (χ4v) is 2.22. The molecule has 1 aromatic heterocycles. The van der Waals surface area contributed by atoms with Crippen LogP contribution in [0.4, 0.5) is 13.2 Å². The van der Waals surface area contributed by atoms with Gasteiger partial charge in [-0.1, -0.05) is 41.4 Å². The Morgan fingerprint density at radius 3 is 2.38 bits per heavy atom. The highest BCUT2D eigenvalue weighted by Crippen LogP contribution is 2.33. The summed E-state index contributed by atoms with van der Waals surface area (Å²) in [6.45, 7) is 1.91. The minimum absolute atomic E-state index is 0.0277. The molecule has 3 nitrogen and oxygen atoms in total. The molecule has 7 heteroatoms. The minimum Gasteiger partial charge on any atom is -0.465 e. The number of carbonyl (C=O) groups is 1. The van der Waals surface area contributed by atoms with E-state index in [0.29, 0.717) is 11.8 Å². The van der Waals surface area contributed by atoms with Crippen molar-refractivity contribution >= 4 is 29.2 Å². The summed E-state index contributed by atoms with van der Waals surface area (Å²) in [4.78, 5) is 15.7. The lowest BCUT2D eigenvalue weighted by Crippen LogP contribution is -2.09. The van der Waals surface area contributed by atoms with Gasteiger partial charge in [-0.2, -0.15) is 13.2 Å². The lowest BCUT2D eigenvalue weighted by molar-refractivity contribution is -0.137. The molecule has 0 atom stereocenters. The van der Waals surface area contributed by atoms with Crippen molar-refractivity contribution in [2.75, 3.05) is 7.11 Å². The minimum atomic E-state index is -4.57. The average Bonchev–Trinajstić information content (AvgIpc) is 2.53. The first-order valence-corrected chi connectivity index (χ1v) is 7.20. The molecule has 0 aliphatic carbocycles. The second-order valence-electron chi connectivity index (χ2n) is 5.01. The van der Waals surface area contributed by atoms with Gasteiger partial charge in [0.2, 0.25) is 0 Å².